The van der Waals surface area contributed by atoms with E-state index in [0.29, 0.717) is 46.3 Å². The molecule has 3 heterocycles. The number of rotatable bonds is 11. The molecule has 0 radical (unpaired) electrons. The van der Waals surface area contributed by atoms with Gasteiger partial charge < -0.3 is 29.2 Å². The minimum Gasteiger partial charge on any atom is -0.493 e. The second-order valence-electron chi connectivity index (χ2n) is 9.51. The number of piperazine rings is 1. The van der Waals surface area contributed by atoms with Crippen LogP contribution in [-0.2, 0) is 11.3 Å². The average molecular weight is 556 g/mol. The van der Waals surface area contributed by atoms with Gasteiger partial charge in [0.15, 0.2) is 11.5 Å². The van der Waals surface area contributed by atoms with Crippen LogP contribution in [0.2, 0.25) is 0 Å². The van der Waals surface area contributed by atoms with Crippen molar-refractivity contribution >= 4 is 28.2 Å². The van der Waals surface area contributed by atoms with Gasteiger partial charge >= 0.3 is 0 Å². The second kappa shape index (κ2) is 13.1. The lowest BCUT2D eigenvalue weighted by Gasteiger charge is -2.35. The van der Waals surface area contributed by atoms with Crippen LogP contribution in [0.1, 0.15) is 11.1 Å². The smallest absolute Gasteiger partial charge is 0.212 e. The molecule has 11 nitrogen and oxygen atoms in total. The summed E-state index contributed by atoms with van der Waals surface area (Å²) in [5.74, 6) is 2.46. The minimum absolute atomic E-state index is 0.326. The van der Waals surface area contributed by atoms with Crippen LogP contribution in [-0.4, -0.2) is 80.5 Å². The Hall–Kier alpha value is -4.66. The van der Waals surface area contributed by atoms with Crippen molar-refractivity contribution in [3.05, 3.63) is 66.0 Å². The fourth-order valence-electron chi connectivity index (χ4n) is 4.66. The highest BCUT2D eigenvalue weighted by Gasteiger charge is 2.20. The van der Waals surface area contributed by atoms with Gasteiger partial charge in [0, 0.05) is 69.4 Å². The predicted molar refractivity (Wildman–Crippen MR) is 156 cm³/mol. The van der Waals surface area contributed by atoms with E-state index in [1.165, 1.54) is 0 Å². The monoisotopic (exact) mass is 555 g/mol. The molecule has 2 aromatic heterocycles. The molecular formula is C30H33N7O4. The Balaban J connectivity index is 1.32. The predicted octanol–water partition coefficient (Wildman–Crippen LogP) is 4.00. The van der Waals surface area contributed by atoms with Gasteiger partial charge in [0.2, 0.25) is 5.88 Å². The molecular weight excluding hydrogens is 522 g/mol. The third kappa shape index (κ3) is 6.57. The maximum atomic E-state index is 10.1. The molecule has 5 rings (SSSR count). The molecule has 0 amide bonds. The average Bonchev–Trinajstić information content (AvgIpc) is 3.03. The minimum atomic E-state index is 0.326. The van der Waals surface area contributed by atoms with E-state index in [-0.39, 0.29) is 0 Å². The molecule has 0 bridgehead atoms. The van der Waals surface area contributed by atoms with Crippen molar-refractivity contribution in [2.45, 2.75) is 6.61 Å². The van der Waals surface area contributed by atoms with Crippen molar-refractivity contribution < 1.29 is 18.9 Å². The number of fused-ring (bicyclic) bond motifs is 1. The quantitative estimate of drug-likeness (QED) is 0.289. The van der Waals surface area contributed by atoms with Crippen molar-refractivity contribution in [1.29, 1.82) is 5.26 Å². The number of pyridine rings is 1. The van der Waals surface area contributed by atoms with Gasteiger partial charge in [-0.05, 0) is 30.3 Å². The van der Waals surface area contributed by atoms with E-state index >= 15 is 0 Å². The molecule has 0 spiro atoms. The summed E-state index contributed by atoms with van der Waals surface area (Å²) in [5, 5.41) is 13.5. The number of nitriles is 1. The van der Waals surface area contributed by atoms with E-state index in [0.717, 1.165) is 56.4 Å². The highest BCUT2D eigenvalue weighted by Crippen LogP contribution is 2.34. The van der Waals surface area contributed by atoms with E-state index in [1.807, 2.05) is 36.4 Å². The molecule has 1 N–H and O–H groups in total. The van der Waals surface area contributed by atoms with Crippen LogP contribution in [0, 0.1) is 11.3 Å². The highest BCUT2D eigenvalue weighted by molar-refractivity contribution is 5.89. The van der Waals surface area contributed by atoms with Crippen molar-refractivity contribution in [3.8, 4) is 23.4 Å². The van der Waals surface area contributed by atoms with Crippen LogP contribution in [0.4, 0.5) is 17.2 Å². The number of hydrogen-bond acceptors (Lipinski definition) is 11. The first kappa shape index (κ1) is 27.9. The number of anilines is 3. The Morgan fingerprint density at radius 1 is 0.927 bits per heavy atom. The number of nitrogens with one attached hydrogen (secondary N) is 1. The first-order valence-corrected chi connectivity index (χ1v) is 13.3. The van der Waals surface area contributed by atoms with Crippen molar-refractivity contribution in [1.82, 2.24) is 19.9 Å². The van der Waals surface area contributed by atoms with E-state index in [4.69, 9.17) is 23.9 Å². The summed E-state index contributed by atoms with van der Waals surface area (Å²) < 4.78 is 21.9. The van der Waals surface area contributed by atoms with Crippen LogP contribution in [0.15, 0.2) is 54.9 Å². The Bertz CT molecular complexity index is 1520. The van der Waals surface area contributed by atoms with E-state index in [1.54, 1.807) is 39.8 Å². The molecule has 1 saturated heterocycles. The molecule has 1 fully saturated rings. The fourth-order valence-corrected chi connectivity index (χ4v) is 4.66. The summed E-state index contributed by atoms with van der Waals surface area (Å²) in [5.41, 5.74) is 3.95. The Morgan fingerprint density at radius 3 is 2.49 bits per heavy atom. The summed E-state index contributed by atoms with van der Waals surface area (Å²) in [4.78, 5) is 18.3. The van der Waals surface area contributed by atoms with Crippen LogP contribution in [0.3, 0.4) is 0 Å². The van der Waals surface area contributed by atoms with E-state index in [9.17, 15) is 5.26 Å². The molecule has 4 aromatic rings. The number of nitrogens with zero attached hydrogens (tertiary/aromatic N) is 6. The lowest BCUT2D eigenvalue weighted by molar-refractivity contribution is 0.144. The Labute approximate surface area is 239 Å². The Kier molecular flexibility index (Phi) is 8.93. The number of hydrogen-bond donors (Lipinski definition) is 1. The molecule has 1 aliphatic heterocycles. The van der Waals surface area contributed by atoms with Gasteiger partial charge in [-0.1, -0.05) is 0 Å². The molecule has 0 unspecified atom stereocenters. The topological polar surface area (TPSA) is 118 Å². The van der Waals surface area contributed by atoms with E-state index in [2.05, 4.69) is 31.2 Å². The summed E-state index contributed by atoms with van der Waals surface area (Å²) in [6, 6.07) is 15.3. The second-order valence-corrected chi connectivity index (χ2v) is 9.51. The molecule has 212 valence electrons. The summed E-state index contributed by atoms with van der Waals surface area (Å²) in [6.07, 6.45) is 3.49. The maximum Gasteiger partial charge on any atom is 0.212 e. The van der Waals surface area contributed by atoms with Crippen molar-refractivity contribution in [3.63, 3.8) is 0 Å². The van der Waals surface area contributed by atoms with Crippen LogP contribution < -0.4 is 24.4 Å². The largest absolute Gasteiger partial charge is 0.493 e. The highest BCUT2D eigenvalue weighted by atomic mass is 16.5. The third-order valence-electron chi connectivity index (χ3n) is 6.97. The van der Waals surface area contributed by atoms with Gasteiger partial charge in [0.05, 0.1) is 38.2 Å². The molecule has 11 heteroatoms. The molecule has 41 heavy (non-hydrogen) atoms. The molecule has 2 aromatic carbocycles. The molecule has 0 saturated carbocycles. The first-order valence-electron chi connectivity index (χ1n) is 13.3. The Morgan fingerprint density at radius 2 is 1.78 bits per heavy atom. The number of benzene rings is 2. The third-order valence-corrected chi connectivity index (χ3v) is 6.97. The first-order chi connectivity index (χ1) is 20.1. The van der Waals surface area contributed by atoms with Crippen LogP contribution in [0.25, 0.3) is 11.0 Å². The zero-order valence-corrected chi connectivity index (χ0v) is 23.5. The molecule has 0 aliphatic carbocycles. The lowest BCUT2D eigenvalue weighted by Crippen LogP contribution is -2.47. The zero-order valence-electron chi connectivity index (χ0n) is 23.5. The molecule has 0 atom stereocenters. The van der Waals surface area contributed by atoms with Crippen LogP contribution >= 0.6 is 0 Å². The fraction of sp³-hybridized carbons (Fsp3) is 0.333. The van der Waals surface area contributed by atoms with Crippen molar-refractivity contribution in [2.75, 3.05) is 70.9 Å². The van der Waals surface area contributed by atoms with Gasteiger partial charge in [-0.15, -0.1) is 0 Å². The molecule has 1 aliphatic rings. The van der Waals surface area contributed by atoms with Gasteiger partial charge in [0.1, 0.15) is 29.6 Å². The zero-order chi connectivity index (χ0) is 28.6. The summed E-state index contributed by atoms with van der Waals surface area (Å²) in [7, 11) is 4.89. The summed E-state index contributed by atoms with van der Waals surface area (Å²) >= 11 is 0. The number of aromatic nitrogens is 3. The van der Waals surface area contributed by atoms with Gasteiger partial charge in [0.25, 0.3) is 0 Å². The summed E-state index contributed by atoms with van der Waals surface area (Å²) in [6.45, 7) is 5.49. The van der Waals surface area contributed by atoms with Crippen molar-refractivity contribution in [2.24, 2.45) is 0 Å². The number of methoxy groups -OCH3 is 3. The normalized spacial score (nSPS) is 13.6. The maximum absolute atomic E-state index is 10.1. The number of ether oxygens (including phenoxy) is 4. The SMILES string of the molecule is COCCN1CCN(c2cnc3ccc(Nc4ccc(OCc5ccc(OC)nc5)c(OC)c4)c(C#N)c3n2)CC1. The van der Waals surface area contributed by atoms with E-state index < -0.39 is 0 Å². The van der Waals surface area contributed by atoms with Gasteiger partial charge in [-0.3, -0.25) is 9.88 Å². The standard InChI is InChI=1S/C30H33N7O4/c1-38-15-14-36-10-12-37(13-11-36)28-19-32-25-7-6-24(23(17-31)30(25)35-28)34-22-5-8-26(27(16-22)39-2)41-20-21-4-9-29(40-3)33-18-21/h4-9,16,18-19,34H,10-15,20H2,1-3H3. The van der Waals surface area contributed by atoms with Gasteiger partial charge in [-0.2, -0.15) is 5.26 Å². The lowest BCUT2D eigenvalue weighted by atomic mass is 10.1. The van der Waals surface area contributed by atoms with Crippen LogP contribution in [0.5, 0.6) is 17.4 Å². The van der Waals surface area contributed by atoms with Gasteiger partial charge in [-0.25, -0.2) is 9.97 Å².